The van der Waals surface area contributed by atoms with Crippen LogP contribution in [0.25, 0.3) is 11.1 Å². The molecule has 0 bridgehead atoms. The smallest absolute Gasteiger partial charge is 0.496 e. The summed E-state index contributed by atoms with van der Waals surface area (Å²) >= 11 is 0. The summed E-state index contributed by atoms with van der Waals surface area (Å²) in [6.07, 6.45) is -1.55. The van der Waals surface area contributed by atoms with Crippen molar-refractivity contribution in [3.8, 4) is 22.6 Å². The second-order valence-corrected chi connectivity index (χ2v) is 6.86. The van der Waals surface area contributed by atoms with Gasteiger partial charge >= 0.3 is 6.36 Å². The van der Waals surface area contributed by atoms with Crippen LogP contribution in [0.15, 0.2) is 72.8 Å². The molecule has 0 amide bonds. The third kappa shape index (κ3) is 6.44. The molecule has 3 nitrogen and oxygen atoms in total. The first-order valence-electron chi connectivity index (χ1n) is 9.76. The van der Waals surface area contributed by atoms with Gasteiger partial charge in [0, 0.05) is 17.8 Å². The molecule has 0 aromatic heterocycles. The molecule has 1 N–H and O–H groups in total. The van der Waals surface area contributed by atoms with Crippen molar-refractivity contribution in [2.75, 3.05) is 19.0 Å². The molecular weight excluding hydrogens is 391 g/mol. The van der Waals surface area contributed by atoms with Gasteiger partial charge in [-0.05, 0) is 60.7 Å². The highest BCUT2D eigenvalue weighted by atomic mass is 19.4. The second kappa shape index (κ2) is 10.1. The molecule has 0 saturated heterocycles. The number of ether oxygens (including phenoxy) is 2. The van der Waals surface area contributed by atoms with Gasteiger partial charge in [-0.1, -0.05) is 42.5 Å². The van der Waals surface area contributed by atoms with E-state index in [9.17, 15) is 13.2 Å². The maximum absolute atomic E-state index is 12.4. The molecule has 0 fully saturated rings. The molecule has 0 saturated carbocycles. The van der Waals surface area contributed by atoms with Crippen LogP contribution < -0.4 is 14.8 Å². The monoisotopic (exact) mass is 415 g/mol. The Morgan fingerprint density at radius 3 is 2.27 bits per heavy atom. The summed E-state index contributed by atoms with van der Waals surface area (Å²) in [5, 5.41) is 3.41. The van der Waals surface area contributed by atoms with Gasteiger partial charge in [-0.25, -0.2) is 0 Å². The zero-order chi connectivity index (χ0) is 21.4. The van der Waals surface area contributed by atoms with Crippen LogP contribution in [0.3, 0.4) is 0 Å². The number of hydrogen-bond donors (Lipinski definition) is 1. The molecule has 0 heterocycles. The van der Waals surface area contributed by atoms with E-state index in [0.29, 0.717) is 5.75 Å². The summed E-state index contributed by atoms with van der Waals surface area (Å²) in [7, 11) is 1.57. The van der Waals surface area contributed by atoms with Crippen LogP contribution >= 0.6 is 0 Å². The zero-order valence-electron chi connectivity index (χ0n) is 16.7. The number of methoxy groups -OCH3 is 1. The largest absolute Gasteiger partial charge is 0.573 e. The fourth-order valence-corrected chi connectivity index (χ4v) is 3.21. The predicted molar refractivity (Wildman–Crippen MR) is 113 cm³/mol. The molecule has 0 unspecified atom stereocenters. The molecule has 0 atom stereocenters. The highest BCUT2D eigenvalue weighted by Crippen LogP contribution is 2.34. The van der Waals surface area contributed by atoms with E-state index in [2.05, 4.69) is 22.2 Å². The number of hydrogen-bond acceptors (Lipinski definition) is 3. The van der Waals surface area contributed by atoms with Crippen molar-refractivity contribution in [2.45, 2.75) is 25.6 Å². The van der Waals surface area contributed by atoms with Crippen molar-refractivity contribution >= 4 is 5.69 Å². The standard InChI is InChI=1S/C24H24F3NO2/c1-29-23-15-12-20(28-16-6-5-9-18-7-3-2-4-8-18)17-22(23)19-10-13-21(14-11-19)30-24(25,26)27/h2-4,7-8,10-15,17,28H,5-6,9,16H2,1H3. The van der Waals surface area contributed by atoms with Gasteiger partial charge in [0.2, 0.25) is 0 Å². The van der Waals surface area contributed by atoms with Crippen LogP contribution in [0, 0.1) is 0 Å². The Bertz CT molecular complexity index is 925. The van der Waals surface area contributed by atoms with E-state index in [1.807, 2.05) is 36.4 Å². The van der Waals surface area contributed by atoms with Crippen molar-refractivity contribution < 1.29 is 22.6 Å². The lowest BCUT2D eigenvalue weighted by molar-refractivity contribution is -0.274. The molecule has 0 aliphatic carbocycles. The lowest BCUT2D eigenvalue weighted by atomic mass is 10.0. The summed E-state index contributed by atoms with van der Waals surface area (Å²) < 4.78 is 46.4. The van der Waals surface area contributed by atoms with Gasteiger partial charge in [-0.2, -0.15) is 0 Å². The van der Waals surface area contributed by atoms with Crippen LogP contribution in [-0.2, 0) is 6.42 Å². The van der Waals surface area contributed by atoms with Crippen molar-refractivity contribution in [1.29, 1.82) is 0 Å². The van der Waals surface area contributed by atoms with Crippen LogP contribution in [0.2, 0.25) is 0 Å². The van der Waals surface area contributed by atoms with Crippen molar-refractivity contribution in [3.05, 3.63) is 78.4 Å². The van der Waals surface area contributed by atoms with Crippen molar-refractivity contribution in [1.82, 2.24) is 0 Å². The third-order valence-electron chi connectivity index (χ3n) is 4.66. The van der Waals surface area contributed by atoms with E-state index in [1.54, 1.807) is 19.2 Å². The first kappa shape index (κ1) is 21.6. The molecule has 158 valence electrons. The minimum atomic E-state index is -4.70. The molecule has 3 aromatic carbocycles. The zero-order valence-corrected chi connectivity index (χ0v) is 16.7. The summed E-state index contributed by atoms with van der Waals surface area (Å²) in [6.45, 7) is 0.830. The van der Waals surface area contributed by atoms with Crippen molar-refractivity contribution in [3.63, 3.8) is 0 Å². The lowest BCUT2D eigenvalue weighted by Crippen LogP contribution is -2.16. The maximum Gasteiger partial charge on any atom is 0.573 e. The van der Waals surface area contributed by atoms with Gasteiger partial charge < -0.3 is 14.8 Å². The van der Waals surface area contributed by atoms with E-state index in [4.69, 9.17) is 4.74 Å². The van der Waals surface area contributed by atoms with E-state index in [1.165, 1.54) is 17.7 Å². The molecule has 6 heteroatoms. The maximum atomic E-state index is 12.4. The SMILES string of the molecule is COc1ccc(NCCCCc2ccccc2)cc1-c1ccc(OC(F)(F)F)cc1. The van der Waals surface area contributed by atoms with Gasteiger partial charge in [0.25, 0.3) is 0 Å². The van der Waals surface area contributed by atoms with Crippen LogP contribution in [0.1, 0.15) is 18.4 Å². The quantitative estimate of drug-likeness (QED) is 0.395. The Hall–Kier alpha value is -3.15. The van der Waals surface area contributed by atoms with Gasteiger partial charge in [-0.3, -0.25) is 0 Å². The van der Waals surface area contributed by atoms with E-state index >= 15 is 0 Å². The fourth-order valence-electron chi connectivity index (χ4n) is 3.21. The molecule has 3 rings (SSSR count). The number of aryl methyl sites for hydroxylation is 1. The van der Waals surface area contributed by atoms with E-state index in [-0.39, 0.29) is 5.75 Å². The van der Waals surface area contributed by atoms with Gasteiger partial charge in [0.05, 0.1) is 7.11 Å². The molecule has 0 aliphatic rings. The summed E-state index contributed by atoms with van der Waals surface area (Å²) in [5.41, 5.74) is 3.81. The first-order valence-corrected chi connectivity index (χ1v) is 9.76. The Balaban J connectivity index is 1.60. The average molecular weight is 415 g/mol. The highest BCUT2D eigenvalue weighted by Gasteiger charge is 2.31. The average Bonchev–Trinajstić information content (AvgIpc) is 2.73. The number of benzene rings is 3. The number of anilines is 1. The third-order valence-corrected chi connectivity index (χ3v) is 4.66. The Kier molecular flexibility index (Phi) is 7.22. The molecule has 0 radical (unpaired) electrons. The van der Waals surface area contributed by atoms with E-state index in [0.717, 1.165) is 42.6 Å². The van der Waals surface area contributed by atoms with Crippen LogP contribution in [0.5, 0.6) is 11.5 Å². The fraction of sp³-hybridized carbons (Fsp3) is 0.250. The molecule has 30 heavy (non-hydrogen) atoms. The minimum absolute atomic E-state index is 0.252. The number of unbranched alkanes of at least 4 members (excludes halogenated alkanes) is 1. The molecule has 3 aromatic rings. The summed E-state index contributed by atoms with van der Waals surface area (Å²) in [5.74, 6) is 0.395. The Labute approximate surface area is 174 Å². The number of rotatable bonds is 9. The Morgan fingerprint density at radius 1 is 0.867 bits per heavy atom. The van der Waals surface area contributed by atoms with Crippen LogP contribution in [0.4, 0.5) is 18.9 Å². The number of nitrogens with one attached hydrogen (secondary N) is 1. The van der Waals surface area contributed by atoms with Gasteiger partial charge in [0.15, 0.2) is 0 Å². The van der Waals surface area contributed by atoms with Gasteiger partial charge in [-0.15, -0.1) is 13.2 Å². The molecule has 0 aliphatic heterocycles. The molecule has 0 spiro atoms. The number of halogens is 3. The number of alkyl halides is 3. The summed E-state index contributed by atoms with van der Waals surface area (Å²) in [6, 6.07) is 21.9. The second-order valence-electron chi connectivity index (χ2n) is 6.86. The first-order chi connectivity index (χ1) is 14.4. The minimum Gasteiger partial charge on any atom is -0.496 e. The normalized spacial score (nSPS) is 11.2. The van der Waals surface area contributed by atoms with E-state index < -0.39 is 6.36 Å². The van der Waals surface area contributed by atoms with Crippen molar-refractivity contribution in [2.24, 2.45) is 0 Å². The molecular formula is C24H24F3NO2. The summed E-state index contributed by atoms with van der Waals surface area (Å²) in [4.78, 5) is 0. The topological polar surface area (TPSA) is 30.5 Å². The highest BCUT2D eigenvalue weighted by molar-refractivity contribution is 5.75. The predicted octanol–water partition coefficient (Wildman–Crippen LogP) is 6.70. The van der Waals surface area contributed by atoms with Gasteiger partial charge in [0.1, 0.15) is 11.5 Å². The lowest BCUT2D eigenvalue weighted by Gasteiger charge is -2.14. The Morgan fingerprint density at radius 2 is 1.60 bits per heavy atom. The van der Waals surface area contributed by atoms with Crippen LogP contribution in [-0.4, -0.2) is 20.0 Å².